The molecule has 0 aliphatic carbocycles. The number of carbonyl (C=O) groups excluding carboxylic acids is 1. The van der Waals surface area contributed by atoms with Crippen LogP contribution in [-0.2, 0) is 11.3 Å². The summed E-state index contributed by atoms with van der Waals surface area (Å²) in [7, 11) is 1.88. The van der Waals surface area contributed by atoms with E-state index in [4.69, 9.17) is 11.6 Å². The highest BCUT2D eigenvalue weighted by atomic mass is 35.5. The van der Waals surface area contributed by atoms with Crippen LogP contribution in [0.1, 0.15) is 18.4 Å². The molecule has 0 fully saturated rings. The van der Waals surface area contributed by atoms with Gasteiger partial charge < -0.3 is 10.6 Å². The molecule has 2 N–H and O–H groups in total. The normalized spacial score (nSPS) is 9.53. The smallest absolute Gasteiger partial charge is 0.220 e. The van der Waals surface area contributed by atoms with Gasteiger partial charge >= 0.3 is 0 Å². The first-order valence-corrected chi connectivity index (χ1v) is 5.76. The predicted molar refractivity (Wildman–Crippen MR) is 73.7 cm³/mol. The Balaban J connectivity index is 0.00000256. The molecule has 0 aromatic heterocycles. The molecule has 0 spiro atoms. The van der Waals surface area contributed by atoms with Crippen molar-refractivity contribution < 1.29 is 4.79 Å². The molecular weight excluding hydrogens is 259 g/mol. The molecule has 3 nitrogen and oxygen atoms in total. The number of nitrogens with one attached hydrogen (secondary N) is 2. The highest BCUT2D eigenvalue weighted by molar-refractivity contribution is 6.30. The fourth-order valence-electron chi connectivity index (χ4n) is 1.36. The van der Waals surface area contributed by atoms with E-state index >= 15 is 0 Å². The minimum absolute atomic E-state index is 0. The van der Waals surface area contributed by atoms with Crippen molar-refractivity contribution in [2.24, 2.45) is 0 Å². The SMILES string of the molecule is CNCCCC(=O)NCc1cccc(Cl)c1.Cl. The maximum absolute atomic E-state index is 11.4. The summed E-state index contributed by atoms with van der Waals surface area (Å²) in [5, 5.41) is 6.56. The Labute approximate surface area is 113 Å². The predicted octanol–water partition coefficient (Wildman–Crippen LogP) is 2.38. The Kier molecular flexibility index (Phi) is 8.86. The van der Waals surface area contributed by atoms with E-state index in [0.717, 1.165) is 18.5 Å². The molecule has 0 saturated heterocycles. The first-order valence-electron chi connectivity index (χ1n) is 5.38. The van der Waals surface area contributed by atoms with Gasteiger partial charge in [-0.15, -0.1) is 12.4 Å². The first-order chi connectivity index (χ1) is 7.72. The largest absolute Gasteiger partial charge is 0.352 e. The molecule has 0 atom stereocenters. The van der Waals surface area contributed by atoms with Gasteiger partial charge in [0.05, 0.1) is 0 Å². The summed E-state index contributed by atoms with van der Waals surface area (Å²) in [5.74, 6) is 0.0789. The van der Waals surface area contributed by atoms with Crippen molar-refractivity contribution in [3.63, 3.8) is 0 Å². The van der Waals surface area contributed by atoms with Crippen LogP contribution < -0.4 is 10.6 Å². The Morgan fingerprint density at radius 2 is 2.18 bits per heavy atom. The third-order valence-corrected chi connectivity index (χ3v) is 2.44. The van der Waals surface area contributed by atoms with Crippen LogP contribution in [0.15, 0.2) is 24.3 Å². The van der Waals surface area contributed by atoms with Gasteiger partial charge in [-0.3, -0.25) is 4.79 Å². The van der Waals surface area contributed by atoms with Crippen LogP contribution in [0.25, 0.3) is 0 Å². The number of halogens is 2. The van der Waals surface area contributed by atoms with E-state index in [0.29, 0.717) is 18.0 Å². The molecule has 0 aliphatic heterocycles. The number of benzene rings is 1. The summed E-state index contributed by atoms with van der Waals surface area (Å²) in [4.78, 5) is 11.4. The lowest BCUT2D eigenvalue weighted by molar-refractivity contribution is -0.121. The number of hydrogen-bond acceptors (Lipinski definition) is 2. The second-order valence-corrected chi connectivity index (χ2v) is 4.05. The minimum atomic E-state index is 0. The number of carbonyl (C=O) groups is 1. The van der Waals surface area contributed by atoms with Gasteiger partial charge in [0.1, 0.15) is 0 Å². The van der Waals surface area contributed by atoms with E-state index < -0.39 is 0 Å². The van der Waals surface area contributed by atoms with Gasteiger partial charge in [0.15, 0.2) is 0 Å². The van der Waals surface area contributed by atoms with Crippen molar-refractivity contribution in [3.05, 3.63) is 34.9 Å². The molecule has 0 saturated carbocycles. The van der Waals surface area contributed by atoms with E-state index in [1.165, 1.54) is 0 Å². The van der Waals surface area contributed by atoms with Gasteiger partial charge in [-0.25, -0.2) is 0 Å². The number of rotatable bonds is 6. The van der Waals surface area contributed by atoms with Crippen LogP contribution in [0, 0.1) is 0 Å². The highest BCUT2D eigenvalue weighted by Gasteiger charge is 2.00. The summed E-state index contributed by atoms with van der Waals surface area (Å²) in [6.45, 7) is 1.41. The first kappa shape index (κ1) is 16.2. The third kappa shape index (κ3) is 7.21. The average Bonchev–Trinajstić information content (AvgIpc) is 2.27. The Morgan fingerprint density at radius 1 is 1.41 bits per heavy atom. The van der Waals surface area contributed by atoms with Crippen molar-refractivity contribution in [3.8, 4) is 0 Å². The van der Waals surface area contributed by atoms with Crippen LogP contribution >= 0.6 is 24.0 Å². The molecule has 1 amide bonds. The summed E-state index contributed by atoms with van der Waals surface area (Å²) in [5.41, 5.74) is 1.02. The highest BCUT2D eigenvalue weighted by Crippen LogP contribution is 2.10. The van der Waals surface area contributed by atoms with Crippen LogP contribution in [0.5, 0.6) is 0 Å². The zero-order chi connectivity index (χ0) is 11.8. The maximum Gasteiger partial charge on any atom is 0.220 e. The standard InChI is InChI=1S/C12H17ClN2O.ClH/c1-14-7-3-6-12(16)15-9-10-4-2-5-11(13)8-10;/h2,4-5,8,14H,3,6-7,9H2,1H3,(H,15,16);1H. The van der Waals surface area contributed by atoms with Gasteiger partial charge in [0.25, 0.3) is 0 Å². The Morgan fingerprint density at radius 3 is 2.82 bits per heavy atom. The van der Waals surface area contributed by atoms with Crippen LogP contribution in [0.4, 0.5) is 0 Å². The Hall–Kier alpha value is -0.770. The molecule has 0 bridgehead atoms. The molecule has 5 heteroatoms. The lowest BCUT2D eigenvalue weighted by Gasteiger charge is -2.05. The topological polar surface area (TPSA) is 41.1 Å². The minimum Gasteiger partial charge on any atom is -0.352 e. The molecule has 96 valence electrons. The third-order valence-electron chi connectivity index (χ3n) is 2.21. The van der Waals surface area contributed by atoms with Crippen molar-refractivity contribution in [2.45, 2.75) is 19.4 Å². The maximum atomic E-state index is 11.4. The molecule has 17 heavy (non-hydrogen) atoms. The molecule has 1 aromatic rings. The summed E-state index contributed by atoms with van der Waals surface area (Å²) in [6, 6.07) is 7.50. The summed E-state index contributed by atoms with van der Waals surface area (Å²) in [6.07, 6.45) is 1.42. The molecule has 1 rings (SSSR count). The monoisotopic (exact) mass is 276 g/mol. The molecule has 0 aliphatic rings. The van der Waals surface area contributed by atoms with E-state index in [2.05, 4.69) is 10.6 Å². The van der Waals surface area contributed by atoms with Crippen molar-refractivity contribution in [2.75, 3.05) is 13.6 Å². The zero-order valence-electron chi connectivity index (χ0n) is 9.83. The summed E-state index contributed by atoms with van der Waals surface area (Å²) < 4.78 is 0. The second-order valence-electron chi connectivity index (χ2n) is 3.61. The molecular formula is C12H18Cl2N2O. The van der Waals surface area contributed by atoms with Gasteiger partial charge in [0, 0.05) is 18.0 Å². The van der Waals surface area contributed by atoms with Gasteiger partial charge in [-0.2, -0.15) is 0 Å². The lowest BCUT2D eigenvalue weighted by Crippen LogP contribution is -2.23. The molecule has 1 aromatic carbocycles. The average molecular weight is 277 g/mol. The lowest BCUT2D eigenvalue weighted by atomic mass is 10.2. The van der Waals surface area contributed by atoms with Crippen molar-refractivity contribution in [1.82, 2.24) is 10.6 Å². The Bertz CT molecular complexity index is 345. The zero-order valence-corrected chi connectivity index (χ0v) is 11.4. The molecule has 0 unspecified atom stereocenters. The fourth-order valence-corrected chi connectivity index (χ4v) is 1.57. The van der Waals surface area contributed by atoms with E-state index in [1.807, 2.05) is 31.3 Å². The van der Waals surface area contributed by atoms with Gasteiger partial charge in [-0.05, 0) is 37.7 Å². The van der Waals surface area contributed by atoms with Gasteiger partial charge in [0.2, 0.25) is 5.91 Å². The van der Waals surface area contributed by atoms with Crippen molar-refractivity contribution in [1.29, 1.82) is 0 Å². The van der Waals surface area contributed by atoms with Crippen molar-refractivity contribution >= 4 is 29.9 Å². The summed E-state index contributed by atoms with van der Waals surface area (Å²) >= 11 is 5.84. The van der Waals surface area contributed by atoms with Crippen LogP contribution in [0.3, 0.4) is 0 Å². The van der Waals surface area contributed by atoms with E-state index in [-0.39, 0.29) is 18.3 Å². The van der Waals surface area contributed by atoms with E-state index in [1.54, 1.807) is 0 Å². The number of amides is 1. The second kappa shape index (κ2) is 9.28. The fraction of sp³-hybridized carbons (Fsp3) is 0.417. The molecule has 0 heterocycles. The van der Waals surface area contributed by atoms with Crippen LogP contribution in [-0.4, -0.2) is 19.5 Å². The number of hydrogen-bond donors (Lipinski definition) is 2. The van der Waals surface area contributed by atoms with Crippen LogP contribution in [0.2, 0.25) is 5.02 Å². The van der Waals surface area contributed by atoms with E-state index in [9.17, 15) is 4.79 Å². The quantitative estimate of drug-likeness (QED) is 0.784. The molecule has 0 radical (unpaired) electrons. The van der Waals surface area contributed by atoms with Gasteiger partial charge in [-0.1, -0.05) is 23.7 Å².